The third-order valence-electron chi connectivity index (χ3n) is 6.76. The molecule has 2 bridgehead atoms. The molecular weight excluding hydrogens is 356 g/mol. The number of piperidine rings is 1. The Morgan fingerprint density at radius 1 is 1.18 bits per heavy atom. The number of aryl methyl sites for hydroxylation is 2. The number of carbonyl (C=O) groups is 2. The van der Waals surface area contributed by atoms with Gasteiger partial charge in [0.1, 0.15) is 5.82 Å². The first-order valence-corrected chi connectivity index (χ1v) is 10.6. The van der Waals surface area contributed by atoms with E-state index in [1.807, 2.05) is 11.8 Å². The van der Waals surface area contributed by atoms with E-state index in [2.05, 4.69) is 14.9 Å². The zero-order chi connectivity index (χ0) is 19.8. The van der Waals surface area contributed by atoms with Crippen LogP contribution in [-0.4, -0.2) is 57.3 Å². The molecule has 152 valence electrons. The predicted molar refractivity (Wildman–Crippen MR) is 105 cm³/mol. The van der Waals surface area contributed by atoms with Crippen LogP contribution >= 0.6 is 0 Å². The number of hydrogen-bond acceptors (Lipinski definition) is 4. The molecule has 28 heavy (non-hydrogen) atoms. The van der Waals surface area contributed by atoms with E-state index in [0.29, 0.717) is 42.5 Å². The molecule has 0 spiro atoms. The van der Waals surface area contributed by atoms with Gasteiger partial charge in [-0.05, 0) is 38.5 Å². The van der Waals surface area contributed by atoms with E-state index >= 15 is 0 Å². The van der Waals surface area contributed by atoms with Crippen molar-refractivity contribution in [2.45, 2.75) is 64.8 Å². The average Bonchev–Trinajstić information content (AvgIpc) is 2.92. The van der Waals surface area contributed by atoms with Gasteiger partial charge in [0.25, 0.3) is 5.56 Å². The molecule has 4 aliphatic rings. The van der Waals surface area contributed by atoms with Crippen LogP contribution in [0.4, 0.5) is 0 Å². The first-order valence-electron chi connectivity index (χ1n) is 10.6. The van der Waals surface area contributed by atoms with Crippen molar-refractivity contribution in [2.75, 3.05) is 19.6 Å². The normalized spacial score (nSPS) is 25.0. The molecule has 1 saturated carbocycles. The Morgan fingerprint density at radius 3 is 2.61 bits per heavy atom. The molecule has 1 aromatic rings. The lowest BCUT2D eigenvalue weighted by Gasteiger charge is -2.40. The van der Waals surface area contributed by atoms with Gasteiger partial charge in [0.15, 0.2) is 0 Å². The van der Waals surface area contributed by atoms with Gasteiger partial charge in [0.2, 0.25) is 11.8 Å². The van der Waals surface area contributed by atoms with Crippen molar-refractivity contribution in [3.8, 4) is 0 Å². The topological polar surface area (TPSA) is 86.4 Å². The number of nitrogens with one attached hydrogen (secondary N) is 1. The molecule has 2 amide bonds. The Bertz CT molecular complexity index is 829. The number of rotatable bonds is 5. The molecule has 4 heterocycles. The lowest BCUT2D eigenvalue weighted by atomic mass is 9.83. The molecular formula is C21H30N4O3. The minimum Gasteiger partial charge on any atom is -0.340 e. The van der Waals surface area contributed by atoms with Gasteiger partial charge in [-0.2, -0.15) is 0 Å². The Labute approximate surface area is 165 Å². The Morgan fingerprint density at radius 2 is 1.96 bits per heavy atom. The highest BCUT2D eigenvalue weighted by Gasteiger charge is 2.42. The Balaban J connectivity index is 1.48. The molecule has 0 aromatic carbocycles. The van der Waals surface area contributed by atoms with Gasteiger partial charge in [-0.25, -0.2) is 4.98 Å². The van der Waals surface area contributed by atoms with Gasteiger partial charge in [0, 0.05) is 43.4 Å². The van der Waals surface area contributed by atoms with Gasteiger partial charge in [-0.15, -0.1) is 0 Å². The third-order valence-corrected chi connectivity index (χ3v) is 6.76. The number of amides is 2. The van der Waals surface area contributed by atoms with Crippen LogP contribution in [-0.2, 0) is 22.4 Å². The van der Waals surface area contributed by atoms with Gasteiger partial charge in [-0.3, -0.25) is 14.4 Å². The quantitative estimate of drug-likeness (QED) is 0.829. The van der Waals surface area contributed by atoms with Crippen LogP contribution in [0.2, 0.25) is 0 Å². The summed E-state index contributed by atoms with van der Waals surface area (Å²) >= 11 is 0. The molecule has 7 heteroatoms. The fraction of sp³-hybridized carbons (Fsp3) is 0.714. The fourth-order valence-corrected chi connectivity index (χ4v) is 4.75. The summed E-state index contributed by atoms with van der Waals surface area (Å²) in [6.07, 6.45) is 6.23. The number of H-pyrrole nitrogens is 1. The van der Waals surface area contributed by atoms with Crippen molar-refractivity contribution in [3.05, 3.63) is 27.4 Å². The summed E-state index contributed by atoms with van der Waals surface area (Å²) in [5, 5.41) is 0. The molecule has 0 radical (unpaired) electrons. The van der Waals surface area contributed by atoms with Crippen LogP contribution in [0, 0.1) is 18.8 Å². The summed E-state index contributed by atoms with van der Waals surface area (Å²) in [5.74, 6) is 1.33. The van der Waals surface area contributed by atoms with E-state index in [9.17, 15) is 14.4 Å². The van der Waals surface area contributed by atoms with Crippen molar-refractivity contribution in [1.29, 1.82) is 0 Å². The standard InChI is InChI=1S/C21H30N4O3/c1-3-18-22-13(2)17(20(27)23-18)9-19(26)24-11-15-7-8-16(12-24)25(21(15)28)10-14-5-4-6-14/h14-16H,3-12H2,1-2H3,(H,22,23,27)/t15-,16+/m0/s1. The monoisotopic (exact) mass is 386 g/mol. The van der Waals surface area contributed by atoms with Crippen molar-refractivity contribution in [2.24, 2.45) is 11.8 Å². The van der Waals surface area contributed by atoms with Crippen molar-refractivity contribution in [1.82, 2.24) is 19.8 Å². The number of aromatic amines is 1. The number of nitrogens with zero attached hydrogens (tertiary/aromatic N) is 3. The van der Waals surface area contributed by atoms with E-state index < -0.39 is 0 Å². The summed E-state index contributed by atoms with van der Waals surface area (Å²) < 4.78 is 0. The Hall–Kier alpha value is -2.18. The number of hydrogen-bond donors (Lipinski definition) is 1. The number of aromatic nitrogens is 2. The smallest absolute Gasteiger partial charge is 0.254 e. The minimum absolute atomic E-state index is 0.0500. The van der Waals surface area contributed by atoms with Gasteiger partial charge in [-0.1, -0.05) is 13.3 Å². The lowest BCUT2D eigenvalue weighted by molar-refractivity contribution is -0.141. The molecule has 1 aliphatic carbocycles. The molecule has 0 unspecified atom stereocenters. The van der Waals surface area contributed by atoms with Crippen LogP contribution in [0.15, 0.2) is 4.79 Å². The maximum absolute atomic E-state index is 13.0. The zero-order valence-corrected chi connectivity index (χ0v) is 16.9. The second-order valence-electron chi connectivity index (χ2n) is 8.62. The van der Waals surface area contributed by atoms with Gasteiger partial charge in [0.05, 0.1) is 12.3 Å². The minimum atomic E-state index is -0.224. The van der Waals surface area contributed by atoms with Crippen molar-refractivity contribution < 1.29 is 9.59 Å². The molecule has 3 saturated heterocycles. The van der Waals surface area contributed by atoms with Crippen LogP contribution in [0.1, 0.15) is 56.1 Å². The van der Waals surface area contributed by atoms with E-state index in [0.717, 1.165) is 19.4 Å². The highest BCUT2D eigenvalue weighted by molar-refractivity contribution is 5.84. The molecule has 7 nitrogen and oxygen atoms in total. The second-order valence-corrected chi connectivity index (χ2v) is 8.62. The molecule has 2 atom stereocenters. The Kier molecular flexibility index (Phi) is 5.25. The average molecular weight is 386 g/mol. The van der Waals surface area contributed by atoms with Crippen LogP contribution in [0.3, 0.4) is 0 Å². The van der Waals surface area contributed by atoms with Crippen LogP contribution in [0.5, 0.6) is 0 Å². The third kappa shape index (κ3) is 3.59. The summed E-state index contributed by atoms with van der Waals surface area (Å²) in [6.45, 7) is 5.64. The molecule has 3 aliphatic heterocycles. The summed E-state index contributed by atoms with van der Waals surface area (Å²) in [6, 6.07) is 0.121. The second kappa shape index (κ2) is 7.68. The van der Waals surface area contributed by atoms with E-state index in [-0.39, 0.29) is 35.8 Å². The fourth-order valence-electron chi connectivity index (χ4n) is 4.75. The number of carbonyl (C=O) groups excluding carboxylic acids is 2. The SMILES string of the molecule is CCc1nc(C)c(CC(=O)N2C[C@@H]3CC[C@H](C2)N(CC2CCC2)C3=O)c(=O)[nH]1. The maximum Gasteiger partial charge on any atom is 0.254 e. The predicted octanol–water partition coefficient (Wildman–Crippen LogP) is 1.43. The van der Waals surface area contributed by atoms with Gasteiger partial charge >= 0.3 is 0 Å². The van der Waals surface area contributed by atoms with Crippen LogP contribution < -0.4 is 5.56 Å². The van der Waals surface area contributed by atoms with E-state index in [1.54, 1.807) is 6.92 Å². The molecule has 4 fully saturated rings. The first kappa shape index (κ1) is 19.2. The van der Waals surface area contributed by atoms with Crippen molar-refractivity contribution >= 4 is 11.8 Å². The summed E-state index contributed by atoms with van der Waals surface area (Å²) in [7, 11) is 0. The lowest BCUT2D eigenvalue weighted by Crippen LogP contribution is -2.50. The maximum atomic E-state index is 13.0. The van der Waals surface area contributed by atoms with Crippen molar-refractivity contribution in [3.63, 3.8) is 0 Å². The highest BCUT2D eigenvalue weighted by atomic mass is 16.2. The highest BCUT2D eigenvalue weighted by Crippen LogP contribution is 2.34. The summed E-state index contributed by atoms with van der Waals surface area (Å²) in [5.41, 5.74) is 0.837. The molecule has 1 aromatic heterocycles. The molecule has 1 N–H and O–H groups in total. The number of fused-ring (bicyclic) bond motifs is 4. The molecule has 5 rings (SSSR count). The summed E-state index contributed by atoms with van der Waals surface area (Å²) in [4.78, 5) is 49.3. The largest absolute Gasteiger partial charge is 0.340 e. The zero-order valence-electron chi connectivity index (χ0n) is 16.9. The van der Waals surface area contributed by atoms with E-state index in [1.165, 1.54) is 19.3 Å². The van der Waals surface area contributed by atoms with E-state index in [4.69, 9.17) is 0 Å². The van der Waals surface area contributed by atoms with Gasteiger partial charge < -0.3 is 14.8 Å². The van der Waals surface area contributed by atoms with Crippen LogP contribution in [0.25, 0.3) is 0 Å². The first-order chi connectivity index (χ1) is 13.5.